The third-order valence-electron chi connectivity index (χ3n) is 20.4. The molecule has 3 aromatic heterocycles. The lowest BCUT2D eigenvalue weighted by Crippen LogP contribution is -2.41. The number of halogens is 9. The van der Waals surface area contributed by atoms with Gasteiger partial charge in [0, 0.05) is 160 Å². The quantitative estimate of drug-likeness (QED) is 0.0633. The molecule has 9 saturated heterocycles. The van der Waals surface area contributed by atoms with Gasteiger partial charge in [-0.1, -0.05) is 52.5 Å². The maximum Gasteiger partial charge on any atom is 0.495 e. The third kappa shape index (κ3) is 22.8. The van der Waals surface area contributed by atoms with E-state index >= 15 is 0 Å². The number of rotatable bonds is 11. The molecule has 14 rings (SSSR count). The molecular weight excluding hydrogens is 1490 g/mol. The Morgan fingerprint density at radius 2 is 0.936 bits per heavy atom. The van der Waals surface area contributed by atoms with Crippen LogP contribution in [0.2, 0.25) is 15.2 Å². The molecule has 0 saturated carbocycles. The minimum atomic E-state index is -4.23. The summed E-state index contributed by atoms with van der Waals surface area (Å²) in [4.78, 5) is 91.8. The summed E-state index contributed by atoms with van der Waals surface area (Å²) in [7, 11) is 4.77. The number of anilines is 7. The lowest BCUT2D eigenvalue weighted by molar-refractivity contribution is -0.144. The van der Waals surface area contributed by atoms with Crippen molar-refractivity contribution in [2.75, 3.05) is 201 Å². The lowest BCUT2D eigenvalue weighted by Gasteiger charge is -2.32. The highest BCUT2D eigenvalue weighted by molar-refractivity contribution is 6.62. The minimum Gasteiger partial charge on any atom is -0.399 e. The van der Waals surface area contributed by atoms with Crippen LogP contribution < -0.4 is 45.9 Å². The van der Waals surface area contributed by atoms with Crippen molar-refractivity contribution in [3.63, 3.8) is 0 Å². The molecule has 0 radical (unpaired) electrons. The Bertz CT molecular complexity index is 3970. The van der Waals surface area contributed by atoms with Crippen LogP contribution in [0.3, 0.4) is 0 Å². The molecule has 2 atom stereocenters. The number of aryl methyl sites for hydroxylation is 2. The fraction of sp³-hybridized carbons (Fsp3) is 0.562. The third-order valence-corrected chi connectivity index (χ3v) is 21.0. The molecule has 2 aromatic carbocycles. The van der Waals surface area contributed by atoms with Crippen molar-refractivity contribution in [3.05, 3.63) is 99.1 Å². The number of aromatic nitrogens is 3. The summed E-state index contributed by atoms with van der Waals surface area (Å²) in [6, 6.07) is 21.0. The number of nitrogens with one attached hydrogen (secondary N) is 3. The molecular formula is C73H96BCl3F6N16O10. The number of morpholine rings is 3. The van der Waals surface area contributed by atoms with Crippen LogP contribution in [0.25, 0.3) is 11.1 Å². The van der Waals surface area contributed by atoms with Crippen molar-refractivity contribution in [2.24, 2.45) is 11.8 Å². The van der Waals surface area contributed by atoms with Crippen molar-refractivity contribution < 1.29 is 73.8 Å². The number of amides is 10. The topological polar surface area (TPSA) is 239 Å². The average molecular weight is 1590 g/mol. The minimum absolute atomic E-state index is 0.0345. The monoisotopic (exact) mass is 1590 g/mol. The Kier molecular flexibility index (Phi) is 27.9. The van der Waals surface area contributed by atoms with Gasteiger partial charge < -0.3 is 78.7 Å². The van der Waals surface area contributed by atoms with E-state index in [-0.39, 0.29) is 31.2 Å². The highest BCUT2D eigenvalue weighted by Crippen LogP contribution is 2.39. The molecule has 5 aromatic rings. The van der Waals surface area contributed by atoms with Crippen LogP contribution in [-0.2, 0) is 23.5 Å². The number of likely N-dealkylation sites (N-methyl/N-ethyl adjacent to an activating group) is 3. The van der Waals surface area contributed by atoms with Crippen molar-refractivity contribution in [3.8, 4) is 11.1 Å². The van der Waals surface area contributed by atoms with Crippen LogP contribution in [0.1, 0.15) is 64.5 Å². The number of pyridine rings is 3. The maximum atomic E-state index is 12.9. The van der Waals surface area contributed by atoms with E-state index in [4.69, 9.17) is 63.3 Å². The molecule has 10 amide bonds. The number of hydrogen-bond acceptors (Lipinski definition) is 16. The summed E-state index contributed by atoms with van der Waals surface area (Å²) in [5.41, 5.74) is 4.61. The predicted octanol–water partition coefficient (Wildman–Crippen LogP) is 12.0. The number of urea groups is 5. The first-order chi connectivity index (χ1) is 51.5. The van der Waals surface area contributed by atoms with Gasteiger partial charge in [-0.3, -0.25) is 9.80 Å². The zero-order valence-electron chi connectivity index (χ0n) is 62.8. The number of ether oxygens (including phenoxy) is 3. The number of benzene rings is 2. The van der Waals surface area contributed by atoms with Gasteiger partial charge in [0.15, 0.2) is 0 Å². The summed E-state index contributed by atoms with van der Waals surface area (Å²) in [5, 5.41) is 9.95. The Labute approximate surface area is 646 Å². The van der Waals surface area contributed by atoms with Crippen LogP contribution in [0, 0.1) is 25.7 Å². The van der Waals surface area contributed by atoms with E-state index in [0.717, 1.165) is 97.7 Å². The van der Waals surface area contributed by atoms with Gasteiger partial charge in [0.25, 0.3) is 0 Å². The van der Waals surface area contributed by atoms with E-state index in [1.807, 2.05) is 84.0 Å². The summed E-state index contributed by atoms with van der Waals surface area (Å²) in [5.74, 6) is 2.43. The number of alkyl halides is 6. The number of nitrogens with zero attached hydrogens (tertiary/aromatic N) is 13. The molecule has 0 unspecified atom stereocenters. The fourth-order valence-electron chi connectivity index (χ4n) is 13.4. The molecule has 0 aliphatic carbocycles. The molecule has 3 N–H and O–H groups in total. The van der Waals surface area contributed by atoms with Gasteiger partial charge in [0.2, 0.25) is 0 Å². The largest absolute Gasteiger partial charge is 0.495 e. The number of hydrogen-bond donors (Lipinski definition) is 3. The smallest absolute Gasteiger partial charge is 0.399 e. The summed E-state index contributed by atoms with van der Waals surface area (Å²) in [6.45, 7) is 25.4. The van der Waals surface area contributed by atoms with Crippen LogP contribution in [-0.4, -0.2) is 266 Å². The second kappa shape index (κ2) is 36.4. The molecule has 36 heteroatoms. The first-order valence-corrected chi connectivity index (χ1v) is 37.6. The van der Waals surface area contributed by atoms with E-state index in [0.29, 0.717) is 130 Å². The summed E-state index contributed by atoms with van der Waals surface area (Å²) >= 11 is 17.9. The first-order valence-electron chi connectivity index (χ1n) is 36.4. The Morgan fingerprint density at radius 3 is 1.35 bits per heavy atom. The molecule has 9 aliphatic heterocycles. The zero-order chi connectivity index (χ0) is 78.7. The van der Waals surface area contributed by atoms with E-state index in [2.05, 4.69) is 40.6 Å². The van der Waals surface area contributed by atoms with Gasteiger partial charge in [-0.15, -0.1) is 0 Å². The fourth-order valence-corrected chi connectivity index (χ4v) is 14.0. The van der Waals surface area contributed by atoms with Crippen molar-refractivity contribution in [1.29, 1.82) is 0 Å². The second-order valence-corrected chi connectivity index (χ2v) is 30.4. The van der Waals surface area contributed by atoms with Gasteiger partial charge in [0.05, 0.1) is 50.8 Å². The highest BCUT2D eigenvalue weighted by atomic mass is 35.5. The molecule has 9 fully saturated rings. The van der Waals surface area contributed by atoms with Gasteiger partial charge in [-0.25, -0.2) is 38.9 Å². The number of carbonyl (C=O) groups is 5. The highest BCUT2D eigenvalue weighted by Gasteiger charge is 2.52. The average Bonchev–Trinajstić information content (AvgIpc) is 1.68. The first kappa shape index (κ1) is 83.4. The molecule has 9 aliphatic rings. The zero-order valence-corrected chi connectivity index (χ0v) is 65.1. The lowest BCUT2D eigenvalue weighted by atomic mass is 9.76. The van der Waals surface area contributed by atoms with Gasteiger partial charge in [-0.2, -0.15) is 26.3 Å². The van der Waals surface area contributed by atoms with Crippen molar-refractivity contribution >= 4 is 118 Å². The molecule has 109 heavy (non-hydrogen) atoms. The predicted molar refractivity (Wildman–Crippen MR) is 409 cm³/mol. The van der Waals surface area contributed by atoms with E-state index < -0.39 is 67.4 Å². The molecule has 26 nitrogen and oxygen atoms in total. The molecule has 0 bridgehead atoms. The number of carbonyl (C=O) groups excluding carboxylic acids is 5. The van der Waals surface area contributed by atoms with Crippen LogP contribution in [0.5, 0.6) is 0 Å². The van der Waals surface area contributed by atoms with Gasteiger partial charge in [0.1, 0.15) is 34.2 Å². The molecule has 0 spiro atoms. The van der Waals surface area contributed by atoms with Crippen molar-refractivity contribution in [2.45, 2.75) is 90.8 Å². The molecule has 12 heterocycles. The number of likely N-dealkylation sites (tertiary alicyclic amines) is 2. The summed E-state index contributed by atoms with van der Waals surface area (Å²) in [6.07, 6.45) is -9.47. The SMILES string of the molecule is CN1CCN(c2cc(Cl)cc(N3CCOCC3)n2)C1=O.CN1CCNC1=O.Cc1ccc(NC(=O)N2CC[C@@H](CC(F)(F)F)C2)cc1-c1cc(N2CCOCC2)nc(N2CCN(C)C2=O)c1.Cc1ccc(NC(=O)N2CC[C@@H](CC(F)(F)F)C2)cc1B1OC(C)(C)C(C)(C)O1.Clc1cc(Cl)nc(N2CCOCC2)c1. The van der Waals surface area contributed by atoms with Crippen LogP contribution >= 0.6 is 34.8 Å². The van der Waals surface area contributed by atoms with Gasteiger partial charge in [-0.05, 0) is 149 Å². The second-order valence-electron chi connectivity index (χ2n) is 29.1. The molecule has 594 valence electrons. The Hall–Kier alpha value is -8.05. The Morgan fingerprint density at radius 1 is 0.523 bits per heavy atom. The van der Waals surface area contributed by atoms with Crippen LogP contribution in [0.15, 0.2) is 72.8 Å². The van der Waals surface area contributed by atoms with E-state index in [9.17, 15) is 50.3 Å². The summed E-state index contributed by atoms with van der Waals surface area (Å²) < 4.78 is 104. The van der Waals surface area contributed by atoms with E-state index in [1.54, 1.807) is 76.0 Å². The van der Waals surface area contributed by atoms with Crippen molar-refractivity contribution in [1.82, 2.24) is 44.8 Å². The van der Waals surface area contributed by atoms with E-state index in [1.165, 1.54) is 9.80 Å². The van der Waals surface area contributed by atoms with Gasteiger partial charge >= 0.3 is 49.6 Å². The standard InChI is InChI=1S/C27H33F3N6O3.C20H28BF3N2O3.C13H17ClN4O2.C9H10Cl2N2O.C4H8N2O/c1-18-3-4-21(31-25(37)35-6-5-19(17-35)16-27(28,29)30)15-22(18)20-13-23(34-9-11-39-12-10-34)32-24(14-20)36-8-7-33(2)26(36)38;1-13-6-7-15(10-16(13)21-28-18(2,3)19(4,5)29-21)25-17(27)26-9-8-14(12-26)11-20(22,23)24;1-16-2-3-18(13(16)19)12-9-10(14)8-11(15-12)17-4-6-20-7-5-17;10-7-5-8(11)12-9(6-7)13-1-3-14-4-2-13;1-6-3-2-5-4(6)7/h3-4,13-15,19H,5-12,16-17H2,1-2H3,(H,31,37);6-7,10,14H,8-9,11-12H2,1-5H3,(H,25,27);8-9H,2-7H2,1H3;5-6H,1-4H2;2-3H2,1H3,(H,5,7)/t19-;14-;;;/m00.../s1. The van der Waals surface area contributed by atoms with Crippen LogP contribution in [0.4, 0.5) is 90.8 Å². The maximum absolute atomic E-state index is 12.9. The Balaban J connectivity index is 0.000000158. The normalized spacial score (nSPS) is 20.6.